The molecule has 27 heavy (non-hydrogen) atoms. The summed E-state index contributed by atoms with van der Waals surface area (Å²) in [6, 6.07) is 10.3. The number of aryl methyl sites for hydroxylation is 2. The van der Waals surface area contributed by atoms with Crippen molar-refractivity contribution in [2.45, 2.75) is 25.7 Å². The molecule has 7 nitrogen and oxygen atoms in total. The van der Waals surface area contributed by atoms with E-state index < -0.39 is 0 Å². The molecular formula is C20H20N6O. The molecule has 1 atom stereocenters. The van der Waals surface area contributed by atoms with Crippen LogP contribution in [0.25, 0.3) is 5.69 Å². The van der Waals surface area contributed by atoms with Crippen molar-refractivity contribution in [3.05, 3.63) is 71.3 Å². The maximum absolute atomic E-state index is 9.74. The molecule has 3 heterocycles. The summed E-state index contributed by atoms with van der Waals surface area (Å²) in [5.74, 6) is 0.462. The van der Waals surface area contributed by atoms with Gasteiger partial charge in [-0.05, 0) is 24.1 Å². The van der Waals surface area contributed by atoms with Gasteiger partial charge < -0.3 is 15.0 Å². The van der Waals surface area contributed by atoms with Gasteiger partial charge in [-0.25, -0.2) is 9.67 Å². The van der Waals surface area contributed by atoms with Crippen LogP contribution in [0.2, 0.25) is 0 Å². The number of aromatic nitrogens is 4. The molecule has 1 aliphatic heterocycles. The van der Waals surface area contributed by atoms with Crippen molar-refractivity contribution >= 4 is 0 Å². The summed E-state index contributed by atoms with van der Waals surface area (Å²) in [5, 5.41) is 14.4. The van der Waals surface area contributed by atoms with Crippen LogP contribution in [-0.2, 0) is 13.5 Å². The highest BCUT2D eigenvalue weighted by Gasteiger charge is 2.35. The standard InChI is InChI=1S/C20H20N6O/c1-3-4-16-18-17(15(11-21)19(22)27-20(18)25(2)24-16)13-5-7-14(8-6-13)26-10-9-23-12-26/h5-10,12,17H,3-4,22H2,1-2H3. The largest absolute Gasteiger partial charge is 0.422 e. The molecule has 1 aliphatic rings. The van der Waals surface area contributed by atoms with Crippen molar-refractivity contribution in [1.29, 1.82) is 5.26 Å². The lowest BCUT2D eigenvalue weighted by Crippen LogP contribution is -2.22. The van der Waals surface area contributed by atoms with E-state index in [2.05, 4.69) is 23.1 Å². The van der Waals surface area contributed by atoms with Gasteiger partial charge in [0.1, 0.15) is 11.6 Å². The second-order valence-corrected chi connectivity index (χ2v) is 6.53. The first-order valence-corrected chi connectivity index (χ1v) is 8.85. The van der Waals surface area contributed by atoms with Gasteiger partial charge in [0.05, 0.1) is 23.5 Å². The Balaban J connectivity index is 1.84. The van der Waals surface area contributed by atoms with Crippen LogP contribution in [0.1, 0.15) is 36.1 Å². The minimum Gasteiger partial charge on any atom is -0.422 e. The number of hydrogen-bond acceptors (Lipinski definition) is 5. The van der Waals surface area contributed by atoms with Gasteiger partial charge in [0.25, 0.3) is 0 Å². The van der Waals surface area contributed by atoms with E-state index in [9.17, 15) is 5.26 Å². The maximum Gasteiger partial charge on any atom is 0.224 e. The molecule has 0 radical (unpaired) electrons. The van der Waals surface area contributed by atoms with E-state index in [1.807, 2.05) is 42.1 Å². The van der Waals surface area contributed by atoms with Gasteiger partial charge in [-0.3, -0.25) is 0 Å². The zero-order valence-corrected chi connectivity index (χ0v) is 15.3. The molecule has 0 saturated heterocycles. The second-order valence-electron chi connectivity index (χ2n) is 6.53. The lowest BCUT2D eigenvalue weighted by Gasteiger charge is -2.25. The van der Waals surface area contributed by atoms with Gasteiger partial charge in [0, 0.05) is 25.1 Å². The normalized spacial score (nSPS) is 16.0. The Bertz CT molecular complexity index is 1040. The summed E-state index contributed by atoms with van der Waals surface area (Å²) in [4.78, 5) is 4.08. The van der Waals surface area contributed by atoms with E-state index in [0.717, 1.165) is 35.3 Å². The molecule has 0 spiro atoms. The number of rotatable bonds is 4. The summed E-state index contributed by atoms with van der Waals surface area (Å²) < 4.78 is 9.38. The zero-order chi connectivity index (χ0) is 19.0. The third-order valence-corrected chi connectivity index (χ3v) is 4.79. The number of nitrogens with zero attached hydrogens (tertiary/aromatic N) is 5. The Morgan fingerprint density at radius 3 is 2.70 bits per heavy atom. The average molecular weight is 360 g/mol. The van der Waals surface area contributed by atoms with Crippen molar-refractivity contribution < 1.29 is 4.74 Å². The van der Waals surface area contributed by atoms with Gasteiger partial charge in [0.2, 0.25) is 11.8 Å². The number of imidazole rings is 1. The Morgan fingerprint density at radius 1 is 1.30 bits per heavy atom. The van der Waals surface area contributed by atoms with Crippen molar-refractivity contribution in [2.75, 3.05) is 0 Å². The van der Waals surface area contributed by atoms with Crippen molar-refractivity contribution in [1.82, 2.24) is 19.3 Å². The second kappa shape index (κ2) is 6.65. The molecule has 4 rings (SSSR count). The quantitative estimate of drug-likeness (QED) is 0.772. The molecule has 0 fully saturated rings. The molecule has 0 aliphatic carbocycles. The fourth-order valence-corrected chi connectivity index (χ4v) is 3.56. The molecule has 2 N–H and O–H groups in total. The Hall–Kier alpha value is -3.53. The summed E-state index contributed by atoms with van der Waals surface area (Å²) in [5.41, 5.74) is 10.3. The van der Waals surface area contributed by atoms with E-state index in [4.69, 9.17) is 10.5 Å². The molecule has 3 aromatic rings. The zero-order valence-electron chi connectivity index (χ0n) is 15.3. The van der Waals surface area contributed by atoms with Crippen LogP contribution in [0.3, 0.4) is 0 Å². The van der Waals surface area contributed by atoms with Gasteiger partial charge >= 0.3 is 0 Å². The van der Waals surface area contributed by atoms with Crippen molar-refractivity contribution in [3.8, 4) is 17.6 Å². The molecule has 0 saturated carbocycles. The first kappa shape index (κ1) is 16.9. The number of ether oxygens (including phenoxy) is 1. The third kappa shape index (κ3) is 2.75. The summed E-state index contributed by atoms with van der Waals surface area (Å²) in [6.45, 7) is 2.11. The maximum atomic E-state index is 9.74. The fraction of sp³-hybridized carbons (Fsp3) is 0.250. The smallest absolute Gasteiger partial charge is 0.224 e. The van der Waals surface area contributed by atoms with Gasteiger partial charge in [0.15, 0.2) is 0 Å². The van der Waals surface area contributed by atoms with Crippen LogP contribution in [0.5, 0.6) is 5.88 Å². The Labute approximate surface area is 157 Å². The van der Waals surface area contributed by atoms with Crippen molar-refractivity contribution in [2.24, 2.45) is 12.8 Å². The summed E-state index contributed by atoms with van der Waals surface area (Å²) >= 11 is 0. The predicted molar refractivity (Wildman–Crippen MR) is 100 cm³/mol. The SMILES string of the molecule is CCCc1nn(C)c2c1C(c1ccc(-n3ccnc3)cc1)C(C#N)=C(N)O2. The molecule has 136 valence electrons. The van der Waals surface area contributed by atoms with Gasteiger partial charge in [-0.2, -0.15) is 10.4 Å². The number of fused-ring (bicyclic) bond motifs is 1. The van der Waals surface area contributed by atoms with E-state index in [1.54, 1.807) is 17.2 Å². The predicted octanol–water partition coefficient (Wildman–Crippen LogP) is 2.78. The van der Waals surface area contributed by atoms with Crippen LogP contribution in [-0.4, -0.2) is 19.3 Å². The van der Waals surface area contributed by atoms with Crippen LogP contribution in [0.15, 0.2) is 54.4 Å². The third-order valence-electron chi connectivity index (χ3n) is 4.79. The van der Waals surface area contributed by atoms with Crippen LogP contribution in [0.4, 0.5) is 0 Å². The summed E-state index contributed by atoms with van der Waals surface area (Å²) in [7, 11) is 1.84. The molecule has 1 aromatic carbocycles. The highest BCUT2D eigenvalue weighted by molar-refractivity contribution is 5.56. The number of nitrogens with two attached hydrogens (primary N) is 1. The lowest BCUT2D eigenvalue weighted by atomic mass is 9.83. The molecule has 0 amide bonds. The Kier molecular flexibility index (Phi) is 4.16. The van der Waals surface area contributed by atoms with Crippen molar-refractivity contribution in [3.63, 3.8) is 0 Å². The first-order chi connectivity index (χ1) is 13.1. The molecular weight excluding hydrogens is 340 g/mol. The molecule has 0 bridgehead atoms. The summed E-state index contributed by atoms with van der Waals surface area (Å²) in [6.07, 6.45) is 7.15. The van der Waals surface area contributed by atoms with Crippen LogP contribution >= 0.6 is 0 Å². The highest BCUT2D eigenvalue weighted by atomic mass is 16.5. The minimum atomic E-state index is -0.286. The van der Waals surface area contributed by atoms with Gasteiger partial charge in [-0.1, -0.05) is 25.5 Å². The van der Waals surface area contributed by atoms with Gasteiger partial charge in [-0.15, -0.1) is 0 Å². The topological polar surface area (TPSA) is 94.7 Å². The van der Waals surface area contributed by atoms with E-state index >= 15 is 0 Å². The van der Waals surface area contributed by atoms with Crippen LogP contribution in [0, 0.1) is 11.3 Å². The molecule has 1 unspecified atom stereocenters. The minimum absolute atomic E-state index is 0.139. The number of hydrogen-bond donors (Lipinski definition) is 1. The Morgan fingerprint density at radius 2 is 2.07 bits per heavy atom. The van der Waals surface area contributed by atoms with E-state index in [-0.39, 0.29) is 11.8 Å². The fourth-order valence-electron chi connectivity index (χ4n) is 3.56. The van der Waals surface area contributed by atoms with Crippen LogP contribution < -0.4 is 10.5 Å². The first-order valence-electron chi connectivity index (χ1n) is 8.85. The number of nitriles is 1. The molecule has 2 aromatic heterocycles. The highest BCUT2D eigenvalue weighted by Crippen LogP contribution is 2.44. The molecule has 7 heteroatoms. The lowest BCUT2D eigenvalue weighted by molar-refractivity contribution is 0.358. The number of benzene rings is 1. The van der Waals surface area contributed by atoms with E-state index in [0.29, 0.717) is 11.5 Å². The monoisotopic (exact) mass is 360 g/mol. The number of allylic oxidation sites excluding steroid dienone is 1. The van der Waals surface area contributed by atoms with E-state index in [1.165, 1.54) is 0 Å². The average Bonchev–Trinajstić information content (AvgIpc) is 3.30.